The molecule has 0 bridgehead atoms. The van der Waals surface area contributed by atoms with E-state index in [-0.39, 0.29) is 5.91 Å². The van der Waals surface area contributed by atoms with Crippen LogP contribution in [-0.2, 0) is 0 Å². The lowest BCUT2D eigenvalue weighted by molar-refractivity contribution is 0.0663. The number of hydrogen-bond acceptors (Lipinski definition) is 7. The summed E-state index contributed by atoms with van der Waals surface area (Å²) >= 11 is 0. The van der Waals surface area contributed by atoms with Crippen LogP contribution in [-0.4, -0.2) is 77.0 Å². The maximum atomic E-state index is 12.9. The van der Waals surface area contributed by atoms with Gasteiger partial charge in [0.05, 0.1) is 23.8 Å². The van der Waals surface area contributed by atoms with Crippen molar-refractivity contribution < 1.29 is 14.8 Å². The molecule has 0 aromatic heterocycles. The van der Waals surface area contributed by atoms with Gasteiger partial charge < -0.3 is 14.7 Å². The number of amides is 2. The first-order valence-electron chi connectivity index (χ1n) is 11.2. The minimum atomic E-state index is -0.574. The molecule has 2 N–H and O–H groups in total. The SMILES string of the molecule is CN1CCN(C(=O)c2ccc(C3=CN4C(=C=NC=C4c4ccc(C(=O)NO)cc4)C=N3)cc2)CC1. The van der Waals surface area contributed by atoms with Crippen molar-refractivity contribution in [2.75, 3.05) is 33.2 Å². The van der Waals surface area contributed by atoms with Crippen molar-refractivity contribution >= 4 is 35.3 Å². The molecule has 3 aliphatic heterocycles. The van der Waals surface area contributed by atoms with Gasteiger partial charge >= 0.3 is 0 Å². The molecule has 5 rings (SSSR count). The molecule has 0 radical (unpaired) electrons. The number of rotatable bonds is 4. The Bertz CT molecular complexity index is 1310. The number of nitrogens with one attached hydrogen (secondary N) is 1. The number of carbonyl (C=O) groups is 2. The van der Waals surface area contributed by atoms with Gasteiger partial charge in [0.2, 0.25) is 0 Å². The number of hydroxylamine groups is 1. The highest BCUT2D eigenvalue weighted by atomic mass is 16.5. The lowest BCUT2D eigenvalue weighted by Gasteiger charge is -2.32. The zero-order chi connectivity index (χ0) is 24.4. The third kappa shape index (κ3) is 4.56. The fraction of sp³-hybridized carbons (Fsp3) is 0.192. The second-order valence-corrected chi connectivity index (χ2v) is 8.47. The fourth-order valence-electron chi connectivity index (χ4n) is 4.12. The van der Waals surface area contributed by atoms with Crippen LogP contribution >= 0.6 is 0 Å². The number of aliphatic imine (C=N–C) groups is 2. The Morgan fingerprint density at radius 2 is 1.60 bits per heavy atom. The molecule has 3 aliphatic rings. The van der Waals surface area contributed by atoms with Crippen LogP contribution in [0.3, 0.4) is 0 Å². The Morgan fingerprint density at radius 3 is 2.29 bits per heavy atom. The van der Waals surface area contributed by atoms with E-state index in [9.17, 15) is 9.59 Å². The summed E-state index contributed by atoms with van der Waals surface area (Å²) in [5, 5.41) is 8.83. The molecule has 9 heteroatoms. The molecule has 2 amide bonds. The average molecular weight is 469 g/mol. The van der Waals surface area contributed by atoms with Crippen LogP contribution in [0.4, 0.5) is 0 Å². The minimum absolute atomic E-state index is 0.0479. The number of hydrogen-bond donors (Lipinski definition) is 2. The molecule has 0 unspecified atom stereocenters. The highest BCUT2D eigenvalue weighted by molar-refractivity contribution is 6.00. The summed E-state index contributed by atoms with van der Waals surface area (Å²) in [5.41, 5.74) is 6.57. The van der Waals surface area contributed by atoms with Crippen molar-refractivity contribution in [1.29, 1.82) is 0 Å². The van der Waals surface area contributed by atoms with E-state index in [4.69, 9.17) is 5.21 Å². The van der Waals surface area contributed by atoms with Crippen LogP contribution in [0.15, 0.2) is 76.6 Å². The average Bonchev–Trinajstić information content (AvgIpc) is 2.92. The van der Waals surface area contributed by atoms with Crippen molar-refractivity contribution in [3.05, 3.63) is 88.9 Å². The molecule has 9 nitrogen and oxygen atoms in total. The molecule has 1 saturated heterocycles. The summed E-state index contributed by atoms with van der Waals surface area (Å²) in [4.78, 5) is 39.3. The number of likely N-dealkylation sites (N-methyl/N-ethyl adjacent to an activating group) is 1. The molecular formula is C26H24N6O3. The van der Waals surface area contributed by atoms with Gasteiger partial charge in [-0.3, -0.25) is 19.8 Å². The molecule has 3 heterocycles. The second-order valence-electron chi connectivity index (χ2n) is 8.47. The van der Waals surface area contributed by atoms with Gasteiger partial charge in [-0.05, 0) is 31.3 Å². The number of nitrogens with zero attached hydrogens (tertiary/aromatic N) is 5. The van der Waals surface area contributed by atoms with Gasteiger partial charge in [0.15, 0.2) is 0 Å². The molecule has 2 aromatic rings. The Balaban J connectivity index is 1.36. The van der Waals surface area contributed by atoms with Gasteiger partial charge in [-0.15, -0.1) is 0 Å². The molecule has 35 heavy (non-hydrogen) atoms. The lowest BCUT2D eigenvalue weighted by Crippen LogP contribution is -2.47. The van der Waals surface area contributed by atoms with E-state index in [1.807, 2.05) is 40.3 Å². The Kier molecular flexibility index (Phi) is 6.12. The molecule has 2 aromatic carbocycles. The Labute approximate surface area is 202 Å². The topological polar surface area (TPSA) is 101 Å². The van der Waals surface area contributed by atoms with E-state index in [0.717, 1.165) is 48.7 Å². The van der Waals surface area contributed by atoms with Crippen LogP contribution in [0.2, 0.25) is 0 Å². The summed E-state index contributed by atoms with van der Waals surface area (Å²) in [7, 11) is 2.06. The first kappa shape index (κ1) is 22.5. The summed E-state index contributed by atoms with van der Waals surface area (Å²) in [6.45, 7) is 3.24. The van der Waals surface area contributed by atoms with E-state index in [2.05, 4.69) is 27.8 Å². The molecule has 0 saturated carbocycles. The van der Waals surface area contributed by atoms with Crippen LogP contribution in [0, 0.1) is 0 Å². The summed E-state index contributed by atoms with van der Waals surface area (Å²) in [5.74, 6) is 2.42. The van der Waals surface area contributed by atoms with E-state index in [1.54, 1.807) is 42.2 Å². The summed E-state index contributed by atoms with van der Waals surface area (Å²) < 4.78 is 0. The van der Waals surface area contributed by atoms with Crippen molar-refractivity contribution in [1.82, 2.24) is 20.2 Å². The van der Waals surface area contributed by atoms with Crippen LogP contribution < -0.4 is 5.48 Å². The molecule has 0 spiro atoms. The van der Waals surface area contributed by atoms with Gasteiger partial charge in [0, 0.05) is 60.5 Å². The van der Waals surface area contributed by atoms with Gasteiger partial charge in [0.25, 0.3) is 11.8 Å². The predicted molar refractivity (Wildman–Crippen MR) is 133 cm³/mol. The van der Waals surface area contributed by atoms with Crippen molar-refractivity contribution in [3.63, 3.8) is 0 Å². The minimum Gasteiger partial charge on any atom is -0.336 e. The first-order valence-corrected chi connectivity index (χ1v) is 11.2. The van der Waals surface area contributed by atoms with Crippen LogP contribution in [0.25, 0.3) is 11.4 Å². The molecule has 0 atom stereocenters. The molecular weight excluding hydrogens is 444 g/mol. The third-order valence-corrected chi connectivity index (χ3v) is 6.22. The Hall–Kier alpha value is -4.30. The normalized spacial score (nSPS) is 17.4. The van der Waals surface area contributed by atoms with Crippen molar-refractivity contribution in [2.24, 2.45) is 9.98 Å². The van der Waals surface area contributed by atoms with Gasteiger partial charge in [0.1, 0.15) is 5.70 Å². The first-order chi connectivity index (χ1) is 17.0. The number of fused-ring (bicyclic) bond motifs is 1. The third-order valence-electron chi connectivity index (χ3n) is 6.22. The molecule has 176 valence electrons. The highest BCUT2D eigenvalue weighted by Gasteiger charge is 2.23. The smallest absolute Gasteiger partial charge is 0.274 e. The molecule has 0 aliphatic carbocycles. The monoisotopic (exact) mass is 468 g/mol. The van der Waals surface area contributed by atoms with Crippen molar-refractivity contribution in [3.8, 4) is 0 Å². The molecule has 1 fully saturated rings. The summed E-state index contributed by atoms with van der Waals surface area (Å²) in [6.07, 6.45) is 5.28. The Morgan fingerprint density at radius 1 is 0.943 bits per heavy atom. The standard InChI is InChI=1S/C26H24N6O3/c1-30-10-12-31(13-11-30)26(34)21-8-2-18(3-9-21)23-17-32-22(15-28-23)14-27-16-24(32)19-4-6-20(7-5-19)25(33)29-35/h2-9,15-17,35H,10-13H2,1H3,(H,29,33). The maximum absolute atomic E-state index is 12.9. The second kappa shape index (κ2) is 9.52. The number of allylic oxidation sites excluding steroid dienone is 1. The van der Waals surface area contributed by atoms with E-state index in [0.29, 0.717) is 16.8 Å². The quantitative estimate of drug-likeness (QED) is 0.530. The zero-order valence-electron chi connectivity index (χ0n) is 19.2. The van der Waals surface area contributed by atoms with Gasteiger partial charge in [-0.25, -0.2) is 10.5 Å². The highest BCUT2D eigenvalue weighted by Crippen LogP contribution is 2.31. The van der Waals surface area contributed by atoms with Gasteiger partial charge in [-0.2, -0.15) is 0 Å². The predicted octanol–water partition coefficient (Wildman–Crippen LogP) is 2.44. The van der Waals surface area contributed by atoms with E-state index in [1.165, 1.54) is 0 Å². The van der Waals surface area contributed by atoms with Crippen molar-refractivity contribution in [2.45, 2.75) is 0 Å². The number of carbonyl (C=O) groups excluding carboxylic acids is 2. The van der Waals surface area contributed by atoms with Gasteiger partial charge in [-0.1, -0.05) is 24.3 Å². The number of benzene rings is 2. The van der Waals surface area contributed by atoms with Crippen LogP contribution in [0.1, 0.15) is 31.8 Å². The zero-order valence-corrected chi connectivity index (χ0v) is 19.2. The largest absolute Gasteiger partial charge is 0.336 e. The lowest BCUT2D eigenvalue weighted by atomic mass is 10.1. The van der Waals surface area contributed by atoms with E-state index < -0.39 is 5.91 Å². The van der Waals surface area contributed by atoms with Crippen LogP contribution in [0.5, 0.6) is 0 Å². The number of piperazine rings is 1. The maximum Gasteiger partial charge on any atom is 0.274 e. The fourth-order valence-corrected chi connectivity index (χ4v) is 4.12. The summed E-state index contributed by atoms with van der Waals surface area (Å²) in [6, 6.07) is 14.3. The van der Waals surface area contributed by atoms with E-state index >= 15 is 0 Å².